The molecule has 0 aliphatic carbocycles. The third-order valence-electron chi connectivity index (χ3n) is 4.50. The van der Waals surface area contributed by atoms with E-state index in [1.54, 1.807) is 30.6 Å². The summed E-state index contributed by atoms with van der Waals surface area (Å²) in [6.45, 7) is 1.92. The number of amides is 1. The van der Waals surface area contributed by atoms with Crippen molar-refractivity contribution < 1.29 is 10.1 Å². The highest BCUT2D eigenvalue weighted by Crippen LogP contribution is 2.28. The molecule has 0 atom stereocenters. The molecule has 3 rings (SSSR count). The summed E-state index contributed by atoms with van der Waals surface area (Å²) in [6.07, 6.45) is 5.45. The van der Waals surface area contributed by atoms with Crippen LogP contribution in [-0.4, -0.2) is 30.0 Å². The van der Waals surface area contributed by atoms with Crippen LogP contribution in [0.5, 0.6) is 0 Å². The second-order valence-electron chi connectivity index (χ2n) is 6.27. The number of primary amides is 1. The SMILES string of the molecule is NC(=O)C(=C([NH2+]C1CCNCC1)c1ccncc1)c1ccc(Cl)c(Cl)c1. The predicted octanol–water partition coefficient (Wildman–Crippen LogP) is 2.06. The van der Waals surface area contributed by atoms with Crippen LogP contribution in [0, 0.1) is 0 Å². The van der Waals surface area contributed by atoms with E-state index in [1.165, 1.54) is 0 Å². The molecule has 2 heterocycles. The van der Waals surface area contributed by atoms with Gasteiger partial charge in [-0.15, -0.1) is 0 Å². The molecule has 1 fully saturated rings. The van der Waals surface area contributed by atoms with Crippen molar-refractivity contribution in [2.24, 2.45) is 5.73 Å². The van der Waals surface area contributed by atoms with E-state index in [4.69, 9.17) is 28.9 Å². The average Bonchev–Trinajstić information content (AvgIpc) is 2.65. The second-order valence-corrected chi connectivity index (χ2v) is 7.09. The van der Waals surface area contributed by atoms with Crippen molar-refractivity contribution in [2.75, 3.05) is 13.1 Å². The first-order chi connectivity index (χ1) is 12.6. The number of nitrogens with one attached hydrogen (secondary N) is 1. The van der Waals surface area contributed by atoms with Crippen LogP contribution in [0.2, 0.25) is 10.0 Å². The highest BCUT2D eigenvalue weighted by atomic mass is 35.5. The summed E-state index contributed by atoms with van der Waals surface area (Å²) in [5.74, 6) is -0.500. The Morgan fingerprint density at radius 1 is 1.08 bits per heavy atom. The smallest absolute Gasteiger partial charge is 0.255 e. The number of nitrogens with two attached hydrogens (primary N) is 2. The molecule has 7 heteroatoms. The monoisotopic (exact) mass is 391 g/mol. The van der Waals surface area contributed by atoms with Crippen molar-refractivity contribution in [1.82, 2.24) is 10.3 Å². The van der Waals surface area contributed by atoms with Crippen LogP contribution in [-0.2, 0) is 4.79 Å². The summed E-state index contributed by atoms with van der Waals surface area (Å²) in [5.41, 5.74) is 8.59. The number of pyridine rings is 1. The first-order valence-corrected chi connectivity index (χ1v) is 9.27. The fourth-order valence-electron chi connectivity index (χ4n) is 3.18. The van der Waals surface area contributed by atoms with Crippen LogP contribution in [0.15, 0.2) is 42.7 Å². The largest absolute Gasteiger partial charge is 0.365 e. The van der Waals surface area contributed by atoms with Crippen LogP contribution in [0.3, 0.4) is 0 Å². The average molecular weight is 392 g/mol. The Morgan fingerprint density at radius 2 is 1.77 bits per heavy atom. The molecule has 0 bridgehead atoms. The summed E-state index contributed by atoms with van der Waals surface area (Å²) >= 11 is 12.2. The molecule has 2 aromatic rings. The van der Waals surface area contributed by atoms with Crippen molar-refractivity contribution in [2.45, 2.75) is 18.9 Å². The van der Waals surface area contributed by atoms with Gasteiger partial charge in [-0.1, -0.05) is 29.3 Å². The first-order valence-electron chi connectivity index (χ1n) is 8.51. The molecule has 1 aromatic carbocycles. The van der Waals surface area contributed by atoms with Gasteiger partial charge in [0.05, 0.1) is 16.1 Å². The summed E-state index contributed by atoms with van der Waals surface area (Å²) in [5, 5.41) is 6.33. The third kappa shape index (κ3) is 4.43. The van der Waals surface area contributed by atoms with Crippen LogP contribution >= 0.6 is 23.2 Å². The maximum atomic E-state index is 12.4. The van der Waals surface area contributed by atoms with Gasteiger partial charge in [-0.25, -0.2) is 0 Å². The standard InChI is InChI=1S/C19H20Cl2N4O/c20-15-2-1-13(11-16(15)21)17(19(22)26)18(12-3-7-23-8-4-12)25-14-5-9-24-10-6-14/h1-4,7-8,11,14,24-25H,5-6,9-10H2,(H2,22,26)/p+1. The van der Waals surface area contributed by atoms with Gasteiger partial charge >= 0.3 is 0 Å². The molecule has 1 saturated heterocycles. The van der Waals surface area contributed by atoms with Gasteiger partial charge in [0.2, 0.25) is 0 Å². The lowest BCUT2D eigenvalue weighted by Crippen LogP contribution is -2.88. The lowest BCUT2D eigenvalue weighted by molar-refractivity contribution is -0.604. The van der Waals surface area contributed by atoms with Crippen molar-refractivity contribution in [1.29, 1.82) is 0 Å². The van der Waals surface area contributed by atoms with E-state index >= 15 is 0 Å². The van der Waals surface area contributed by atoms with E-state index in [-0.39, 0.29) is 0 Å². The number of carbonyl (C=O) groups is 1. The number of benzene rings is 1. The molecule has 0 spiro atoms. The van der Waals surface area contributed by atoms with Crippen molar-refractivity contribution in [3.8, 4) is 0 Å². The Morgan fingerprint density at radius 3 is 2.38 bits per heavy atom. The van der Waals surface area contributed by atoms with Crippen molar-refractivity contribution >= 4 is 40.4 Å². The fourth-order valence-corrected chi connectivity index (χ4v) is 3.48. The Hall–Kier alpha value is -1.92. The molecular weight excluding hydrogens is 371 g/mol. The number of hydrogen-bond acceptors (Lipinski definition) is 3. The number of piperidine rings is 1. The van der Waals surface area contributed by atoms with E-state index in [2.05, 4.69) is 15.6 Å². The molecule has 136 valence electrons. The van der Waals surface area contributed by atoms with Crippen LogP contribution in [0.1, 0.15) is 24.0 Å². The topological polar surface area (TPSA) is 84.6 Å². The molecule has 1 aromatic heterocycles. The molecule has 0 radical (unpaired) electrons. The van der Waals surface area contributed by atoms with Gasteiger partial charge in [0.1, 0.15) is 5.57 Å². The molecule has 0 saturated carbocycles. The minimum absolute atomic E-state index is 0.372. The summed E-state index contributed by atoms with van der Waals surface area (Å²) < 4.78 is 0. The number of rotatable bonds is 5. The number of hydrogen-bond donors (Lipinski definition) is 3. The highest BCUT2D eigenvalue weighted by Gasteiger charge is 2.25. The fraction of sp³-hybridized carbons (Fsp3) is 0.263. The predicted molar refractivity (Wildman–Crippen MR) is 105 cm³/mol. The van der Waals surface area contributed by atoms with Gasteiger partial charge < -0.3 is 16.4 Å². The van der Waals surface area contributed by atoms with Crippen LogP contribution in [0.25, 0.3) is 11.3 Å². The minimum atomic E-state index is -0.500. The quantitative estimate of drug-likeness (QED) is 0.681. The highest BCUT2D eigenvalue weighted by molar-refractivity contribution is 6.42. The molecule has 26 heavy (non-hydrogen) atoms. The number of quaternary nitrogens is 1. The molecular formula is C19H21Cl2N4O+. The van der Waals surface area contributed by atoms with Crippen molar-refractivity contribution in [3.05, 3.63) is 63.9 Å². The van der Waals surface area contributed by atoms with Crippen LogP contribution < -0.4 is 16.4 Å². The number of nitrogens with zero attached hydrogens (tertiary/aromatic N) is 1. The first kappa shape index (κ1) is 18.9. The molecule has 5 N–H and O–H groups in total. The molecule has 1 aliphatic heterocycles. The lowest BCUT2D eigenvalue weighted by atomic mass is 9.97. The Bertz CT molecular complexity index is 818. The maximum absolute atomic E-state index is 12.4. The van der Waals surface area contributed by atoms with Gasteiger partial charge in [-0.3, -0.25) is 9.78 Å². The Balaban J connectivity index is 2.12. The molecule has 5 nitrogen and oxygen atoms in total. The number of aromatic nitrogens is 1. The molecule has 1 aliphatic rings. The van der Waals surface area contributed by atoms with E-state index < -0.39 is 5.91 Å². The Labute approximate surface area is 162 Å². The lowest BCUT2D eigenvalue weighted by Gasteiger charge is -2.23. The Kier molecular flexibility index (Phi) is 6.27. The zero-order valence-electron chi connectivity index (χ0n) is 14.2. The number of halogens is 2. The van der Waals surface area contributed by atoms with Gasteiger partial charge in [-0.2, -0.15) is 0 Å². The normalized spacial score (nSPS) is 16.2. The summed E-state index contributed by atoms with van der Waals surface area (Å²) in [7, 11) is 0. The maximum Gasteiger partial charge on any atom is 0.255 e. The zero-order chi connectivity index (χ0) is 18.5. The number of carbonyl (C=O) groups excluding carboxylic acids is 1. The van der Waals surface area contributed by atoms with E-state index in [0.717, 1.165) is 37.2 Å². The van der Waals surface area contributed by atoms with Gasteiger partial charge in [0, 0.05) is 43.9 Å². The van der Waals surface area contributed by atoms with Gasteiger partial charge in [-0.05, 0) is 29.8 Å². The zero-order valence-corrected chi connectivity index (χ0v) is 15.7. The van der Waals surface area contributed by atoms with Gasteiger partial charge in [0.25, 0.3) is 5.91 Å². The third-order valence-corrected chi connectivity index (χ3v) is 5.24. The van der Waals surface area contributed by atoms with Crippen LogP contribution in [0.4, 0.5) is 0 Å². The molecule has 1 amide bonds. The van der Waals surface area contributed by atoms with Crippen molar-refractivity contribution in [3.63, 3.8) is 0 Å². The second kappa shape index (κ2) is 8.64. The summed E-state index contributed by atoms with van der Waals surface area (Å²) in [6, 6.07) is 9.27. The minimum Gasteiger partial charge on any atom is -0.365 e. The molecule has 0 unspecified atom stereocenters. The summed E-state index contributed by atoms with van der Waals surface area (Å²) in [4.78, 5) is 16.5. The van der Waals surface area contributed by atoms with E-state index in [0.29, 0.717) is 27.2 Å². The van der Waals surface area contributed by atoms with E-state index in [1.807, 2.05) is 12.1 Å². The van der Waals surface area contributed by atoms with Gasteiger partial charge in [0.15, 0.2) is 5.70 Å². The van der Waals surface area contributed by atoms with E-state index in [9.17, 15) is 4.79 Å².